The van der Waals surface area contributed by atoms with Gasteiger partial charge in [-0.15, -0.1) is 5.92 Å². The molecule has 0 saturated heterocycles. The van der Waals surface area contributed by atoms with Crippen molar-refractivity contribution in [3.63, 3.8) is 0 Å². The molecule has 0 radical (unpaired) electrons. The van der Waals surface area contributed by atoms with Crippen LogP contribution in [0.5, 0.6) is 0 Å². The number of aryl methyl sites for hydroxylation is 1. The second-order valence-electron chi connectivity index (χ2n) is 2.50. The Morgan fingerprint density at radius 1 is 1.77 bits per heavy atom. The smallest absolute Gasteiger partial charge is 0.270 e. The molecule has 1 amide bonds. The summed E-state index contributed by atoms with van der Waals surface area (Å²) in [6.45, 7) is 2.11. The first-order valence-electron chi connectivity index (χ1n) is 3.90. The van der Waals surface area contributed by atoms with E-state index in [-0.39, 0.29) is 5.91 Å². The van der Waals surface area contributed by atoms with Crippen LogP contribution in [0, 0.1) is 11.8 Å². The SMILES string of the molecule is CC#CCNC(=O)c1cncn1C. The molecule has 1 heterocycles. The van der Waals surface area contributed by atoms with E-state index < -0.39 is 0 Å². The van der Waals surface area contributed by atoms with Gasteiger partial charge in [-0.2, -0.15) is 0 Å². The van der Waals surface area contributed by atoms with E-state index in [1.54, 1.807) is 24.9 Å². The second-order valence-corrected chi connectivity index (χ2v) is 2.50. The minimum atomic E-state index is -0.150. The molecule has 4 nitrogen and oxygen atoms in total. The van der Waals surface area contributed by atoms with Crippen molar-refractivity contribution in [2.75, 3.05) is 6.54 Å². The first-order chi connectivity index (χ1) is 6.25. The number of hydrogen-bond donors (Lipinski definition) is 1. The second kappa shape index (κ2) is 4.31. The monoisotopic (exact) mass is 177 g/mol. The summed E-state index contributed by atoms with van der Waals surface area (Å²) < 4.78 is 1.66. The number of amides is 1. The summed E-state index contributed by atoms with van der Waals surface area (Å²) in [6.07, 6.45) is 3.11. The maximum absolute atomic E-state index is 11.4. The Labute approximate surface area is 77.0 Å². The third-order valence-electron chi connectivity index (χ3n) is 1.56. The van der Waals surface area contributed by atoms with Crippen molar-refractivity contribution in [2.45, 2.75) is 6.92 Å². The fourth-order valence-electron chi connectivity index (χ4n) is 0.879. The molecule has 0 atom stereocenters. The van der Waals surface area contributed by atoms with Crippen molar-refractivity contribution in [3.8, 4) is 11.8 Å². The summed E-state index contributed by atoms with van der Waals surface area (Å²) in [5.41, 5.74) is 0.540. The van der Waals surface area contributed by atoms with E-state index in [4.69, 9.17) is 0 Å². The minimum absolute atomic E-state index is 0.150. The van der Waals surface area contributed by atoms with Gasteiger partial charge in [-0.1, -0.05) is 5.92 Å². The number of nitrogens with zero attached hydrogens (tertiary/aromatic N) is 2. The highest BCUT2D eigenvalue weighted by molar-refractivity contribution is 5.92. The Bertz CT molecular complexity index is 356. The largest absolute Gasteiger partial charge is 0.340 e. The van der Waals surface area contributed by atoms with Gasteiger partial charge in [-0.05, 0) is 6.92 Å². The van der Waals surface area contributed by atoms with Gasteiger partial charge in [0, 0.05) is 7.05 Å². The summed E-state index contributed by atoms with van der Waals surface area (Å²) in [5.74, 6) is 5.29. The summed E-state index contributed by atoms with van der Waals surface area (Å²) in [5, 5.41) is 2.65. The van der Waals surface area contributed by atoms with Crippen molar-refractivity contribution in [1.82, 2.24) is 14.9 Å². The van der Waals surface area contributed by atoms with Crippen LogP contribution < -0.4 is 5.32 Å². The molecule has 13 heavy (non-hydrogen) atoms. The van der Waals surface area contributed by atoms with Crippen molar-refractivity contribution in [1.29, 1.82) is 0 Å². The van der Waals surface area contributed by atoms with Gasteiger partial charge in [0.05, 0.1) is 19.1 Å². The first kappa shape index (κ1) is 9.33. The van der Waals surface area contributed by atoms with Crippen molar-refractivity contribution in [2.24, 2.45) is 7.05 Å². The van der Waals surface area contributed by atoms with Gasteiger partial charge < -0.3 is 9.88 Å². The Morgan fingerprint density at radius 3 is 3.08 bits per heavy atom. The molecule has 1 rings (SSSR count). The minimum Gasteiger partial charge on any atom is -0.340 e. The van der Waals surface area contributed by atoms with Gasteiger partial charge >= 0.3 is 0 Å². The number of carbonyl (C=O) groups is 1. The number of aromatic nitrogens is 2. The van der Waals surface area contributed by atoms with Crippen LogP contribution in [-0.4, -0.2) is 22.0 Å². The zero-order valence-electron chi connectivity index (χ0n) is 7.66. The number of hydrogen-bond acceptors (Lipinski definition) is 2. The van der Waals surface area contributed by atoms with E-state index in [1.807, 2.05) is 0 Å². The van der Waals surface area contributed by atoms with E-state index in [9.17, 15) is 4.79 Å². The summed E-state index contributed by atoms with van der Waals surface area (Å²) in [7, 11) is 1.77. The molecular weight excluding hydrogens is 166 g/mol. The van der Waals surface area contributed by atoms with Crippen LogP contribution in [-0.2, 0) is 7.05 Å². The third kappa shape index (κ3) is 2.34. The Kier molecular flexibility index (Phi) is 3.09. The molecule has 4 heteroatoms. The Hall–Kier alpha value is -1.76. The summed E-state index contributed by atoms with van der Waals surface area (Å²) in [4.78, 5) is 15.2. The fraction of sp³-hybridized carbons (Fsp3) is 0.333. The highest BCUT2D eigenvalue weighted by Gasteiger charge is 2.07. The first-order valence-corrected chi connectivity index (χ1v) is 3.90. The lowest BCUT2D eigenvalue weighted by atomic mass is 10.4. The van der Waals surface area contributed by atoms with Crippen molar-refractivity contribution >= 4 is 5.91 Å². The van der Waals surface area contributed by atoms with Crippen molar-refractivity contribution < 1.29 is 4.79 Å². The Balaban J connectivity index is 2.57. The van der Waals surface area contributed by atoms with Gasteiger partial charge in [0.2, 0.25) is 0 Å². The molecule has 1 aromatic heterocycles. The number of imidazole rings is 1. The summed E-state index contributed by atoms with van der Waals surface area (Å²) >= 11 is 0. The van der Waals surface area contributed by atoms with Crippen LogP contribution in [0.4, 0.5) is 0 Å². The average Bonchev–Trinajstić information content (AvgIpc) is 2.52. The maximum Gasteiger partial charge on any atom is 0.270 e. The van der Waals surface area contributed by atoms with Crippen LogP contribution in [0.1, 0.15) is 17.4 Å². The number of carbonyl (C=O) groups excluding carboxylic acids is 1. The molecule has 0 aliphatic rings. The highest BCUT2D eigenvalue weighted by atomic mass is 16.1. The van der Waals surface area contributed by atoms with Gasteiger partial charge in [0.25, 0.3) is 5.91 Å². The van der Waals surface area contributed by atoms with Gasteiger partial charge in [0.15, 0.2) is 0 Å². The van der Waals surface area contributed by atoms with Crippen LogP contribution >= 0.6 is 0 Å². The predicted molar refractivity (Wildman–Crippen MR) is 49.0 cm³/mol. The van der Waals surface area contributed by atoms with Gasteiger partial charge in [-0.25, -0.2) is 4.98 Å². The summed E-state index contributed by atoms with van der Waals surface area (Å²) in [6, 6.07) is 0. The van der Waals surface area contributed by atoms with E-state index in [2.05, 4.69) is 22.1 Å². The molecule has 0 unspecified atom stereocenters. The molecule has 1 aromatic rings. The molecule has 68 valence electrons. The molecule has 0 bridgehead atoms. The topological polar surface area (TPSA) is 46.9 Å². The number of nitrogens with one attached hydrogen (secondary N) is 1. The quantitative estimate of drug-likeness (QED) is 0.655. The van der Waals surface area contributed by atoms with Crippen LogP contribution in [0.25, 0.3) is 0 Å². The lowest BCUT2D eigenvalue weighted by molar-refractivity contribution is 0.0950. The molecule has 0 fully saturated rings. The molecule has 0 saturated carbocycles. The standard InChI is InChI=1S/C9H11N3O/c1-3-4-5-11-9(13)8-6-10-7-12(8)2/h6-7H,5H2,1-2H3,(H,11,13). The van der Waals surface area contributed by atoms with Gasteiger partial charge in [0.1, 0.15) is 5.69 Å². The normalized spacial score (nSPS) is 8.77. The van der Waals surface area contributed by atoms with Crippen LogP contribution in [0.2, 0.25) is 0 Å². The zero-order chi connectivity index (χ0) is 9.68. The lowest BCUT2D eigenvalue weighted by Crippen LogP contribution is -2.25. The maximum atomic E-state index is 11.4. The third-order valence-corrected chi connectivity index (χ3v) is 1.56. The highest BCUT2D eigenvalue weighted by Crippen LogP contribution is 1.94. The van der Waals surface area contributed by atoms with Crippen LogP contribution in [0.15, 0.2) is 12.5 Å². The molecule has 0 aliphatic carbocycles. The zero-order valence-corrected chi connectivity index (χ0v) is 7.66. The predicted octanol–water partition coefficient (Wildman–Crippen LogP) is 0.173. The molecular formula is C9H11N3O. The van der Waals surface area contributed by atoms with Crippen molar-refractivity contribution in [3.05, 3.63) is 18.2 Å². The van der Waals surface area contributed by atoms with E-state index in [0.29, 0.717) is 12.2 Å². The molecule has 1 N–H and O–H groups in total. The Morgan fingerprint density at radius 2 is 2.54 bits per heavy atom. The molecule has 0 spiro atoms. The van der Waals surface area contributed by atoms with Crippen LogP contribution in [0.3, 0.4) is 0 Å². The average molecular weight is 177 g/mol. The molecule has 0 aromatic carbocycles. The van der Waals surface area contributed by atoms with E-state index >= 15 is 0 Å². The molecule has 0 aliphatic heterocycles. The number of rotatable bonds is 2. The van der Waals surface area contributed by atoms with Gasteiger partial charge in [-0.3, -0.25) is 4.79 Å². The fourth-order valence-corrected chi connectivity index (χ4v) is 0.879. The van der Waals surface area contributed by atoms with E-state index in [1.165, 1.54) is 6.20 Å². The lowest BCUT2D eigenvalue weighted by Gasteiger charge is -2.00. The van der Waals surface area contributed by atoms with E-state index in [0.717, 1.165) is 0 Å².